The molecule has 0 aromatic carbocycles. The Morgan fingerprint density at radius 3 is 2.59 bits per heavy atom. The van der Waals surface area contributed by atoms with Crippen molar-refractivity contribution >= 4 is 11.7 Å². The lowest BCUT2D eigenvalue weighted by molar-refractivity contribution is -0.385. The Labute approximate surface area is 94.4 Å². The van der Waals surface area contributed by atoms with E-state index in [1.807, 2.05) is 0 Å². The Morgan fingerprint density at radius 1 is 1.59 bits per heavy atom. The van der Waals surface area contributed by atoms with Crippen molar-refractivity contribution in [2.45, 2.75) is 13.3 Å². The summed E-state index contributed by atoms with van der Waals surface area (Å²) in [6, 6.07) is 0.813. The molecule has 0 unspecified atom stereocenters. The number of pyridine rings is 1. The summed E-state index contributed by atoms with van der Waals surface area (Å²) in [4.78, 5) is 24.3. The van der Waals surface area contributed by atoms with Crippen LogP contribution in [0.3, 0.4) is 0 Å². The van der Waals surface area contributed by atoms with Crippen LogP contribution < -0.4 is 0 Å². The van der Waals surface area contributed by atoms with E-state index >= 15 is 0 Å². The van der Waals surface area contributed by atoms with Crippen LogP contribution in [-0.2, 0) is 4.74 Å². The molecule has 0 N–H and O–H groups in total. The lowest BCUT2D eigenvalue weighted by atomic mass is 10.1. The molecule has 0 saturated heterocycles. The van der Waals surface area contributed by atoms with Crippen molar-refractivity contribution in [3.8, 4) is 0 Å². The second-order valence-corrected chi connectivity index (χ2v) is 3.09. The molecule has 6 nitrogen and oxygen atoms in total. The summed E-state index contributed by atoms with van der Waals surface area (Å²) in [5, 5.41) is 10.6. The van der Waals surface area contributed by atoms with Gasteiger partial charge in [-0.25, -0.2) is 18.6 Å². The highest BCUT2D eigenvalue weighted by Crippen LogP contribution is 2.28. The Morgan fingerprint density at radius 2 is 2.18 bits per heavy atom. The van der Waals surface area contributed by atoms with Crippen LogP contribution in [0, 0.1) is 17.0 Å². The number of esters is 1. The summed E-state index contributed by atoms with van der Waals surface area (Å²) < 4.78 is 29.4. The fraction of sp³-hybridized carbons (Fsp3) is 0.333. The van der Waals surface area contributed by atoms with Crippen molar-refractivity contribution in [1.82, 2.24) is 4.98 Å². The monoisotopic (exact) mass is 246 g/mol. The normalized spacial score (nSPS) is 10.4. The number of rotatable bonds is 3. The van der Waals surface area contributed by atoms with Crippen LogP contribution in [0.4, 0.5) is 14.5 Å². The number of halogens is 2. The van der Waals surface area contributed by atoms with Gasteiger partial charge in [0.25, 0.3) is 12.1 Å². The fourth-order valence-electron chi connectivity index (χ4n) is 1.23. The van der Waals surface area contributed by atoms with Crippen LogP contribution in [0.2, 0.25) is 0 Å². The number of nitrogens with zero attached hydrogens (tertiary/aromatic N) is 2. The average molecular weight is 246 g/mol. The predicted molar refractivity (Wildman–Crippen MR) is 51.9 cm³/mol. The molecule has 1 aromatic rings. The Bertz CT molecular complexity index is 476. The van der Waals surface area contributed by atoms with Gasteiger partial charge in [-0.15, -0.1) is 0 Å². The Hall–Kier alpha value is -2.12. The van der Waals surface area contributed by atoms with Crippen molar-refractivity contribution in [3.05, 3.63) is 33.1 Å². The first kappa shape index (κ1) is 12.9. The number of nitro groups is 1. The van der Waals surface area contributed by atoms with E-state index in [0.29, 0.717) is 0 Å². The minimum Gasteiger partial charge on any atom is -0.464 e. The van der Waals surface area contributed by atoms with E-state index in [0.717, 1.165) is 20.1 Å². The molecule has 1 heterocycles. The molecule has 92 valence electrons. The maximum absolute atomic E-state index is 12.6. The highest BCUT2D eigenvalue weighted by atomic mass is 19.3. The number of hydrogen-bond acceptors (Lipinski definition) is 5. The Balaban J connectivity index is 3.47. The number of ether oxygens (including phenoxy) is 1. The molecule has 0 amide bonds. The number of methoxy groups -OCH3 is 1. The Kier molecular flexibility index (Phi) is 3.66. The van der Waals surface area contributed by atoms with E-state index in [1.54, 1.807) is 0 Å². The number of hydrogen-bond donors (Lipinski definition) is 0. The molecule has 0 spiro atoms. The zero-order chi connectivity index (χ0) is 13.2. The average Bonchev–Trinajstić information content (AvgIpc) is 2.27. The topological polar surface area (TPSA) is 82.3 Å². The molecule has 0 fully saturated rings. The highest BCUT2D eigenvalue weighted by molar-refractivity contribution is 5.88. The highest BCUT2D eigenvalue weighted by Gasteiger charge is 2.25. The zero-order valence-electron chi connectivity index (χ0n) is 8.94. The van der Waals surface area contributed by atoms with Crippen LogP contribution in [0.15, 0.2) is 6.07 Å². The largest absolute Gasteiger partial charge is 0.464 e. The van der Waals surface area contributed by atoms with E-state index in [4.69, 9.17) is 0 Å². The van der Waals surface area contributed by atoms with Crippen molar-refractivity contribution in [3.63, 3.8) is 0 Å². The van der Waals surface area contributed by atoms with Gasteiger partial charge in [-0.1, -0.05) is 0 Å². The molecular weight excluding hydrogens is 238 g/mol. The summed E-state index contributed by atoms with van der Waals surface area (Å²) >= 11 is 0. The maximum atomic E-state index is 12.6. The van der Waals surface area contributed by atoms with Crippen LogP contribution >= 0.6 is 0 Å². The van der Waals surface area contributed by atoms with Crippen LogP contribution in [-0.4, -0.2) is 23.0 Å². The second kappa shape index (κ2) is 4.81. The van der Waals surface area contributed by atoms with E-state index < -0.39 is 34.4 Å². The summed E-state index contributed by atoms with van der Waals surface area (Å²) in [7, 11) is 1.03. The third-order valence-corrected chi connectivity index (χ3v) is 2.08. The maximum Gasteiger partial charge on any atom is 0.356 e. The van der Waals surface area contributed by atoms with Gasteiger partial charge in [-0.3, -0.25) is 10.1 Å². The molecule has 0 aliphatic carbocycles. The number of carbonyl (C=O) groups excluding carboxylic acids is 1. The van der Waals surface area contributed by atoms with Crippen molar-refractivity contribution in [2.24, 2.45) is 0 Å². The minimum atomic E-state index is -3.00. The van der Waals surface area contributed by atoms with Gasteiger partial charge in [0.05, 0.1) is 17.6 Å². The standard InChI is InChI=1S/C9H8F2N2O4/c1-4-6(13(15)16)3-5(9(14)17-2)12-7(4)8(10)11/h3,8H,1-2H3. The van der Waals surface area contributed by atoms with Gasteiger partial charge in [0.15, 0.2) is 5.69 Å². The quantitative estimate of drug-likeness (QED) is 0.463. The molecule has 0 radical (unpaired) electrons. The van der Waals surface area contributed by atoms with Gasteiger partial charge in [-0.05, 0) is 6.92 Å². The first-order valence-electron chi connectivity index (χ1n) is 4.40. The minimum absolute atomic E-state index is 0.266. The van der Waals surface area contributed by atoms with Gasteiger partial charge < -0.3 is 4.74 Å². The van der Waals surface area contributed by atoms with Crippen molar-refractivity contribution in [2.75, 3.05) is 7.11 Å². The van der Waals surface area contributed by atoms with Crippen LogP contribution in [0.25, 0.3) is 0 Å². The molecule has 0 bridgehead atoms. The van der Waals surface area contributed by atoms with E-state index in [1.165, 1.54) is 0 Å². The molecule has 0 atom stereocenters. The molecule has 1 aromatic heterocycles. The molecule has 0 saturated carbocycles. The molecule has 1 rings (SSSR count). The number of alkyl halides is 2. The lowest BCUT2D eigenvalue weighted by Gasteiger charge is -2.06. The zero-order valence-corrected chi connectivity index (χ0v) is 8.94. The van der Waals surface area contributed by atoms with Gasteiger partial charge in [-0.2, -0.15) is 0 Å². The van der Waals surface area contributed by atoms with E-state index in [2.05, 4.69) is 9.72 Å². The first-order chi connectivity index (χ1) is 7.88. The first-order valence-corrected chi connectivity index (χ1v) is 4.40. The second-order valence-electron chi connectivity index (χ2n) is 3.09. The molecule has 8 heteroatoms. The van der Waals surface area contributed by atoms with Gasteiger partial charge in [0.2, 0.25) is 0 Å². The predicted octanol–water partition coefficient (Wildman–Crippen LogP) is 2.02. The fourth-order valence-corrected chi connectivity index (χ4v) is 1.23. The third-order valence-electron chi connectivity index (χ3n) is 2.08. The third kappa shape index (κ3) is 2.52. The number of aromatic nitrogens is 1. The van der Waals surface area contributed by atoms with Gasteiger partial charge in [0.1, 0.15) is 5.69 Å². The molecular formula is C9H8F2N2O4. The summed E-state index contributed by atoms with van der Waals surface area (Å²) in [5.74, 6) is -1.00. The SMILES string of the molecule is COC(=O)c1cc([N+](=O)[O-])c(C)c(C(F)F)n1. The van der Waals surface area contributed by atoms with Crippen molar-refractivity contribution < 1.29 is 23.2 Å². The molecule has 17 heavy (non-hydrogen) atoms. The van der Waals surface area contributed by atoms with E-state index in [9.17, 15) is 23.7 Å². The van der Waals surface area contributed by atoms with Crippen LogP contribution in [0.5, 0.6) is 0 Å². The molecule has 0 aliphatic heterocycles. The summed E-state index contributed by atoms with van der Waals surface area (Å²) in [5.41, 5.74) is -2.16. The van der Waals surface area contributed by atoms with Crippen molar-refractivity contribution in [1.29, 1.82) is 0 Å². The summed E-state index contributed by atoms with van der Waals surface area (Å²) in [6.45, 7) is 1.15. The number of carbonyl (C=O) groups is 1. The van der Waals surface area contributed by atoms with Gasteiger partial charge in [0, 0.05) is 6.07 Å². The van der Waals surface area contributed by atoms with Crippen LogP contribution in [0.1, 0.15) is 28.2 Å². The summed E-state index contributed by atoms with van der Waals surface area (Å²) in [6.07, 6.45) is -3.00. The van der Waals surface area contributed by atoms with Gasteiger partial charge >= 0.3 is 5.97 Å². The smallest absolute Gasteiger partial charge is 0.356 e. The lowest BCUT2D eigenvalue weighted by Crippen LogP contribution is -2.10. The van der Waals surface area contributed by atoms with E-state index in [-0.39, 0.29) is 5.56 Å². The molecule has 0 aliphatic rings.